The molecule has 0 unspecified atom stereocenters. The quantitative estimate of drug-likeness (QED) is 0.301. The van der Waals surface area contributed by atoms with Crippen LogP contribution in [-0.2, 0) is 19.1 Å². The fourth-order valence-corrected chi connectivity index (χ4v) is 6.69. The third kappa shape index (κ3) is 4.04. The molecule has 7 heteroatoms. The van der Waals surface area contributed by atoms with Gasteiger partial charge in [0.05, 0.1) is 32.1 Å². The minimum absolute atomic E-state index is 0.00868. The van der Waals surface area contributed by atoms with Gasteiger partial charge in [0.15, 0.2) is 0 Å². The zero-order valence-corrected chi connectivity index (χ0v) is 20.3. The molecule has 2 aliphatic rings. The Bertz CT molecular complexity index is 938. The number of carbonyl (C=O) groups excluding carboxylic acids is 2. The Balaban J connectivity index is 1.92. The van der Waals surface area contributed by atoms with Crippen LogP contribution in [0.25, 0.3) is 0 Å². The number of carbonyl (C=O) groups is 2. The number of rotatable bonds is 4. The monoisotopic (exact) mass is 553 g/mol. The summed E-state index contributed by atoms with van der Waals surface area (Å²) in [5, 5.41) is 0.638. The molecule has 0 bridgehead atoms. The number of hydrogen-bond donors (Lipinski definition) is 0. The van der Waals surface area contributed by atoms with Crippen LogP contribution in [0.5, 0.6) is 0 Å². The molecule has 1 saturated heterocycles. The van der Waals surface area contributed by atoms with E-state index in [2.05, 4.69) is 39.6 Å². The molecule has 31 heavy (non-hydrogen) atoms. The van der Waals surface area contributed by atoms with Crippen molar-refractivity contribution in [1.82, 2.24) is 0 Å². The van der Waals surface area contributed by atoms with Crippen LogP contribution >= 0.6 is 34.2 Å². The second-order valence-electron chi connectivity index (χ2n) is 8.08. The molecule has 1 heterocycles. The van der Waals surface area contributed by atoms with Crippen LogP contribution in [0.2, 0.25) is 5.02 Å². The number of hydrogen-bond acceptors (Lipinski definition) is 5. The van der Waals surface area contributed by atoms with Crippen molar-refractivity contribution < 1.29 is 19.1 Å². The van der Waals surface area contributed by atoms with E-state index in [0.29, 0.717) is 11.4 Å². The number of fused-ring (bicyclic) bond motifs is 1. The summed E-state index contributed by atoms with van der Waals surface area (Å²) in [6.45, 7) is 0. The fourth-order valence-electron chi connectivity index (χ4n) is 5.38. The number of methoxy groups -OCH3 is 2. The van der Waals surface area contributed by atoms with Crippen molar-refractivity contribution in [3.05, 3.63) is 65.2 Å². The number of ether oxygens (including phenoxy) is 2. The standard InChI is InChI=1S/C24H25ClINO4/c1-30-23(28)17-12-13-18(26)22-19(17)20(24(29)31-2)21(14-8-10-15(25)11-9-14)27(22)16-6-4-3-5-7-16/h3-11,17-22H,12-13H2,1-2H3/t17-,18+,19-,20-,21-,22-/m0/s1. The summed E-state index contributed by atoms with van der Waals surface area (Å²) in [4.78, 5) is 28.3. The second kappa shape index (κ2) is 9.36. The van der Waals surface area contributed by atoms with E-state index in [1.807, 2.05) is 42.5 Å². The lowest BCUT2D eigenvalue weighted by molar-refractivity contribution is -0.154. The predicted molar refractivity (Wildman–Crippen MR) is 128 cm³/mol. The summed E-state index contributed by atoms with van der Waals surface area (Å²) in [7, 11) is 2.83. The van der Waals surface area contributed by atoms with Crippen molar-refractivity contribution in [2.24, 2.45) is 17.8 Å². The SMILES string of the molecule is COC(=O)[C@H]1[C@H]2[C@H]([C@H](I)CC[C@@H]2C(=O)OC)N(c2ccccc2)[C@H]1c1ccc(Cl)cc1. The van der Waals surface area contributed by atoms with Gasteiger partial charge in [0.2, 0.25) is 0 Å². The van der Waals surface area contributed by atoms with E-state index in [-0.39, 0.29) is 39.8 Å². The third-order valence-corrected chi connectivity index (χ3v) is 8.21. The van der Waals surface area contributed by atoms with Gasteiger partial charge < -0.3 is 14.4 Å². The van der Waals surface area contributed by atoms with E-state index < -0.39 is 5.92 Å². The van der Waals surface area contributed by atoms with Crippen LogP contribution in [0.4, 0.5) is 5.69 Å². The van der Waals surface area contributed by atoms with Crippen molar-refractivity contribution in [1.29, 1.82) is 0 Å². The van der Waals surface area contributed by atoms with E-state index in [1.165, 1.54) is 14.2 Å². The zero-order chi connectivity index (χ0) is 22.1. The highest BCUT2D eigenvalue weighted by Gasteiger charge is 2.60. The molecule has 0 N–H and O–H groups in total. The van der Waals surface area contributed by atoms with Crippen LogP contribution in [0, 0.1) is 17.8 Å². The third-order valence-electron chi connectivity index (χ3n) is 6.60. The van der Waals surface area contributed by atoms with Gasteiger partial charge in [-0.2, -0.15) is 0 Å². The Morgan fingerprint density at radius 1 is 0.968 bits per heavy atom. The lowest BCUT2D eigenvalue weighted by Crippen LogP contribution is -2.48. The van der Waals surface area contributed by atoms with Gasteiger partial charge >= 0.3 is 11.9 Å². The first-order chi connectivity index (χ1) is 15.0. The molecule has 2 fully saturated rings. The zero-order valence-electron chi connectivity index (χ0n) is 17.4. The van der Waals surface area contributed by atoms with Crippen molar-refractivity contribution in [2.75, 3.05) is 19.1 Å². The Kier molecular flexibility index (Phi) is 6.77. The molecule has 1 aliphatic carbocycles. The number of alkyl halides is 1. The molecule has 6 atom stereocenters. The summed E-state index contributed by atoms with van der Waals surface area (Å²) in [6.07, 6.45) is 1.58. The molecule has 1 aliphatic heterocycles. The first-order valence-corrected chi connectivity index (χ1v) is 12.0. The van der Waals surface area contributed by atoms with Crippen LogP contribution in [-0.4, -0.2) is 36.1 Å². The second-order valence-corrected chi connectivity index (χ2v) is 10.1. The molecule has 2 aromatic carbocycles. The Labute approximate surface area is 201 Å². The summed E-state index contributed by atoms with van der Waals surface area (Å²) in [6, 6.07) is 17.4. The van der Waals surface area contributed by atoms with Gasteiger partial charge in [-0.1, -0.05) is 64.5 Å². The number of benzene rings is 2. The van der Waals surface area contributed by atoms with Crippen LogP contribution in [0.3, 0.4) is 0 Å². The molecule has 1 saturated carbocycles. The van der Waals surface area contributed by atoms with Crippen molar-refractivity contribution in [3.63, 3.8) is 0 Å². The van der Waals surface area contributed by atoms with Gasteiger partial charge in [-0.3, -0.25) is 9.59 Å². The summed E-state index contributed by atoms with van der Waals surface area (Å²) < 4.78 is 10.7. The highest BCUT2D eigenvalue weighted by atomic mass is 127. The van der Waals surface area contributed by atoms with Crippen molar-refractivity contribution in [3.8, 4) is 0 Å². The van der Waals surface area contributed by atoms with Crippen LogP contribution < -0.4 is 4.90 Å². The van der Waals surface area contributed by atoms with E-state index in [4.69, 9.17) is 21.1 Å². The van der Waals surface area contributed by atoms with Crippen molar-refractivity contribution >= 4 is 51.8 Å². The summed E-state index contributed by atoms with van der Waals surface area (Å²) >= 11 is 8.63. The van der Waals surface area contributed by atoms with Crippen molar-refractivity contribution in [2.45, 2.75) is 28.8 Å². The van der Waals surface area contributed by atoms with Gasteiger partial charge in [-0.25, -0.2) is 0 Å². The maximum Gasteiger partial charge on any atom is 0.311 e. The number of nitrogens with zero attached hydrogens (tertiary/aromatic N) is 1. The fraction of sp³-hybridized carbons (Fsp3) is 0.417. The predicted octanol–water partition coefficient (Wildman–Crippen LogP) is 5.06. The van der Waals surface area contributed by atoms with E-state index in [9.17, 15) is 9.59 Å². The molecule has 4 rings (SSSR count). The number of esters is 2. The molecular weight excluding hydrogens is 529 g/mol. The summed E-state index contributed by atoms with van der Waals surface area (Å²) in [5.41, 5.74) is 2.00. The highest BCUT2D eigenvalue weighted by molar-refractivity contribution is 14.1. The van der Waals surface area contributed by atoms with Gasteiger partial charge in [-0.05, 0) is 42.7 Å². The maximum atomic E-state index is 13.2. The number of halogens is 2. The molecule has 0 amide bonds. The van der Waals surface area contributed by atoms with E-state index in [0.717, 1.165) is 17.7 Å². The van der Waals surface area contributed by atoms with Gasteiger partial charge in [0.25, 0.3) is 0 Å². The van der Waals surface area contributed by atoms with E-state index in [1.54, 1.807) is 0 Å². The molecule has 0 spiro atoms. The molecule has 164 valence electrons. The average Bonchev–Trinajstić information content (AvgIpc) is 3.16. The Morgan fingerprint density at radius 2 is 1.61 bits per heavy atom. The molecule has 5 nitrogen and oxygen atoms in total. The van der Waals surface area contributed by atoms with E-state index >= 15 is 0 Å². The highest BCUT2D eigenvalue weighted by Crippen LogP contribution is 2.56. The average molecular weight is 554 g/mol. The Hall–Kier alpha value is -1.80. The number of anilines is 1. The minimum Gasteiger partial charge on any atom is -0.469 e. The lowest BCUT2D eigenvalue weighted by atomic mass is 9.70. The normalized spacial score (nSPS) is 29.9. The molecular formula is C24H25ClINO4. The summed E-state index contributed by atoms with van der Waals surface area (Å²) in [5.74, 6) is -1.62. The molecule has 2 aromatic rings. The molecule has 0 radical (unpaired) electrons. The van der Waals surface area contributed by atoms with Crippen LogP contribution in [0.15, 0.2) is 54.6 Å². The first kappa shape index (κ1) is 22.4. The largest absolute Gasteiger partial charge is 0.469 e. The number of para-hydroxylation sites is 1. The minimum atomic E-state index is -0.502. The first-order valence-electron chi connectivity index (χ1n) is 10.4. The maximum absolute atomic E-state index is 13.2. The lowest BCUT2D eigenvalue weighted by Gasteiger charge is -2.41. The van der Waals surface area contributed by atoms with Gasteiger partial charge in [-0.15, -0.1) is 0 Å². The van der Waals surface area contributed by atoms with Gasteiger partial charge in [0, 0.05) is 26.6 Å². The van der Waals surface area contributed by atoms with Gasteiger partial charge in [0.1, 0.15) is 0 Å². The Morgan fingerprint density at radius 3 is 2.23 bits per heavy atom. The smallest absolute Gasteiger partial charge is 0.311 e. The molecule has 0 aromatic heterocycles. The van der Waals surface area contributed by atoms with Crippen LogP contribution in [0.1, 0.15) is 24.4 Å². The topological polar surface area (TPSA) is 55.8 Å².